The highest BCUT2D eigenvalue weighted by Gasteiger charge is 2.28. The fourth-order valence-corrected chi connectivity index (χ4v) is 5.61. The average Bonchev–Trinajstić information content (AvgIpc) is 3.63. The van der Waals surface area contributed by atoms with Gasteiger partial charge >= 0.3 is 0 Å². The van der Waals surface area contributed by atoms with Gasteiger partial charge in [-0.25, -0.2) is 8.42 Å². The summed E-state index contributed by atoms with van der Waals surface area (Å²) in [7, 11) is -3.83. The molecule has 1 aliphatic heterocycles. The number of nitrogens with zero attached hydrogens (tertiary/aromatic N) is 3. The summed E-state index contributed by atoms with van der Waals surface area (Å²) in [6.07, 6.45) is 4.29. The molecule has 1 N–H and O–H groups in total. The van der Waals surface area contributed by atoms with Crippen molar-refractivity contribution in [3.05, 3.63) is 65.9 Å². The number of amides is 1. The summed E-state index contributed by atoms with van der Waals surface area (Å²) in [5, 5.41) is 0.804. The first-order valence-corrected chi connectivity index (χ1v) is 12.9. The number of aromatic nitrogens is 1. The summed E-state index contributed by atoms with van der Waals surface area (Å²) in [6.45, 7) is 6.37. The minimum absolute atomic E-state index is 0.00999. The molecule has 172 valence electrons. The number of carbonyl (C=O) groups excluding carboxylic acids is 1. The second kappa shape index (κ2) is 8.76. The van der Waals surface area contributed by atoms with E-state index in [1.807, 2.05) is 24.0 Å². The molecule has 0 atom stereocenters. The van der Waals surface area contributed by atoms with Crippen LogP contribution in [0.25, 0.3) is 10.9 Å². The predicted molar refractivity (Wildman–Crippen MR) is 129 cm³/mol. The summed E-state index contributed by atoms with van der Waals surface area (Å²) >= 11 is 0. The maximum absolute atomic E-state index is 13.1. The number of fused-ring (bicyclic) bond motifs is 1. The zero-order valence-corrected chi connectivity index (χ0v) is 19.5. The van der Waals surface area contributed by atoms with Gasteiger partial charge in [0.1, 0.15) is 4.90 Å². The van der Waals surface area contributed by atoms with Crippen LogP contribution in [0.2, 0.25) is 0 Å². The number of aryl methyl sites for hydroxylation is 1. The van der Waals surface area contributed by atoms with Crippen molar-refractivity contribution < 1.29 is 13.2 Å². The molecule has 0 radical (unpaired) electrons. The van der Waals surface area contributed by atoms with Crippen LogP contribution >= 0.6 is 0 Å². The van der Waals surface area contributed by atoms with Gasteiger partial charge < -0.3 is 4.90 Å². The number of nitrogens with one attached hydrogen (secondary N) is 1. The van der Waals surface area contributed by atoms with E-state index in [0.717, 1.165) is 49.6 Å². The van der Waals surface area contributed by atoms with Crippen molar-refractivity contribution in [3.63, 3.8) is 0 Å². The van der Waals surface area contributed by atoms with Gasteiger partial charge in [0.15, 0.2) is 0 Å². The van der Waals surface area contributed by atoms with E-state index in [-0.39, 0.29) is 10.8 Å². The Morgan fingerprint density at radius 3 is 2.45 bits per heavy atom. The molecular formula is C25H28N4O3S. The van der Waals surface area contributed by atoms with E-state index in [1.54, 1.807) is 42.6 Å². The van der Waals surface area contributed by atoms with Crippen molar-refractivity contribution in [3.8, 4) is 0 Å². The molecule has 2 heterocycles. The number of carbonyl (C=O) groups is 1. The highest BCUT2D eigenvalue weighted by atomic mass is 32.2. The summed E-state index contributed by atoms with van der Waals surface area (Å²) in [6, 6.07) is 13.6. The molecule has 7 nitrogen and oxygen atoms in total. The number of hydrogen-bond donors (Lipinski definition) is 1. The van der Waals surface area contributed by atoms with Crippen molar-refractivity contribution in [2.24, 2.45) is 5.92 Å². The monoisotopic (exact) mass is 464 g/mol. The number of sulfonamides is 1. The minimum atomic E-state index is -3.83. The van der Waals surface area contributed by atoms with Crippen LogP contribution in [0.3, 0.4) is 0 Å². The SMILES string of the molecule is Cc1ccnc2c(S(=O)(=O)Nc3ccc(C(=O)N4CCN(CC5CC5)CC4)cc3)cccc12. The van der Waals surface area contributed by atoms with Crippen molar-refractivity contribution in [2.45, 2.75) is 24.7 Å². The lowest BCUT2D eigenvalue weighted by atomic mass is 10.1. The van der Waals surface area contributed by atoms with Gasteiger partial charge in [-0.2, -0.15) is 0 Å². The number of benzene rings is 2. The van der Waals surface area contributed by atoms with Gasteiger partial charge in [0.2, 0.25) is 0 Å². The quantitative estimate of drug-likeness (QED) is 0.604. The van der Waals surface area contributed by atoms with E-state index < -0.39 is 10.0 Å². The van der Waals surface area contributed by atoms with Crippen LogP contribution in [0.4, 0.5) is 5.69 Å². The summed E-state index contributed by atoms with van der Waals surface area (Å²) in [5.41, 5.74) is 2.38. The van der Waals surface area contributed by atoms with E-state index in [1.165, 1.54) is 12.8 Å². The van der Waals surface area contributed by atoms with Crippen LogP contribution in [0.15, 0.2) is 59.6 Å². The second-order valence-corrected chi connectivity index (χ2v) is 10.7. The van der Waals surface area contributed by atoms with Crippen molar-refractivity contribution in [2.75, 3.05) is 37.4 Å². The molecule has 3 aromatic rings. The summed E-state index contributed by atoms with van der Waals surface area (Å²) in [4.78, 5) is 21.6. The molecule has 0 unspecified atom stereocenters. The Balaban J connectivity index is 1.27. The minimum Gasteiger partial charge on any atom is -0.336 e. The normalized spacial score (nSPS) is 17.3. The van der Waals surface area contributed by atoms with E-state index in [0.29, 0.717) is 16.8 Å². The third kappa shape index (κ3) is 4.72. The first kappa shape index (κ1) is 21.9. The van der Waals surface area contributed by atoms with Crippen molar-refractivity contribution in [1.82, 2.24) is 14.8 Å². The van der Waals surface area contributed by atoms with Crippen LogP contribution in [-0.4, -0.2) is 61.8 Å². The fraction of sp³-hybridized carbons (Fsp3) is 0.360. The molecule has 8 heteroatoms. The Bertz CT molecular complexity index is 1280. The number of hydrogen-bond acceptors (Lipinski definition) is 5. The van der Waals surface area contributed by atoms with Crippen LogP contribution in [-0.2, 0) is 10.0 Å². The highest BCUT2D eigenvalue weighted by molar-refractivity contribution is 7.93. The molecule has 1 aliphatic carbocycles. The first-order valence-electron chi connectivity index (χ1n) is 11.4. The van der Waals surface area contributed by atoms with Gasteiger partial charge in [0.05, 0.1) is 5.52 Å². The standard InChI is InChI=1S/C25H28N4O3S/c1-18-11-12-26-24-22(18)3-2-4-23(24)33(31,32)27-21-9-7-20(8-10-21)25(30)29-15-13-28(14-16-29)17-19-5-6-19/h2-4,7-12,19,27H,5-6,13-17H2,1H3. The molecule has 0 bridgehead atoms. The molecule has 2 fully saturated rings. The number of rotatable bonds is 6. The molecule has 33 heavy (non-hydrogen) atoms. The number of para-hydroxylation sites is 1. The van der Waals surface area contributed by atoms with Gasteiger partial charge in [0, 0.05) is 55.6 Å². The molecule has 1 amide bonds. The van der Waals surface area contributed by atoms with E-state index in [9.17, 15) is 13.2 Å². The maximum Gasteiger partial charge on any atom is 0.264 e. The van der Waals surface area contributed by atoms with Crippen LogP contribution in [0.5, 0.6) is 0 Å². The maximum atomic E-state index is 13.1. The topological polar surface area (TPSA) is 82.6 Å². The summed E-state index contributed by atoms with van der Waals surface area (Å²) in [5.74, 6) is 0.849. The molecule has 1 saturated heterocycles. The Hall–Kier alpha value is -2.97. The fourth-order valence-electron chi connectivity index (χ4n) is 4.38. The molecular weight excluding hydrogens is 436 g/mol. The highest BCUT2D eigenvalue weighted by Crippen LogP contribution is 2.30. The Morgan fingerprint density at radius 1 is 1.03 bits per heavy atom. The molecule has 2 aliphatic rings. The average molecular weight is 465 g/mol. The number of anilines is 1. The van der Waals surface area contributed by atoms with Gasteiger partial charge in [-0.3, -0.25) is 19.4 Å². The lowest BCUT2D eigenvalue weighted by Gasteiger charge is -2.34. The van der Waals surface area contributed by atoms with Gasteiger partial charge in [-0.1, -0.05) is 12.1 Å². The lowest BCUT2D eigenvalue weighted by Crippen LogP contribution is -2.49. The Kier molecular flexibility index (Phi) is 5.80. The number of piperazine rings is 1. The van der Waals surface area contributed by atoms with E-state index in [2.05, 4.69) is 14.6 Å². The zero-order valence-electron chi connectivity index (χ0n) is 18.7. The largest absolute Gasteiger partial charge is 0.336 e. The predicted octanol–water partition coefficient (Wildman–Crippen LogP) is 3.51. The van der Waals surface area contributed by atoms with E-state index in [4.69, 9.17) is 0 Å². The second-order valence-electron chi connectivity index (χ2n) is 9.00. The molecule has 2 aromatic carbocycles. The molecule has 1 saturated carbocycles. The molecule has 5 rings (SSSR count). The van der Waals surface area contributed by atoms with Crippen molar-refractivity contribution >= 4 is 32.5 Å². The van der Waals surface area contributed by atoms with Crippen LogP contribution < -0.4 is 4.72 Å². The van der Waals surface area contributed by atoms with Gasteiger partial charge in [-0.05, 0) is 67.6 Å². The van der Waals surface area contributed by atoms with E-state index >= 15 is 0 Å². The number of pyridine rings is 1. The first-order chi connectivity index (χ1) is 15.9. The third-order valence-corrected chi connectivity index (χ3v) is 7.91. The third-order valence-electron chi connectivity index (χ3n) is 6.50. The molecule has 0 spiro atoms. The Labute approximate surface area is 194 Å². The Morgan fingerprint density at radius 2 is 1.76 bits per heavy atom. The van der Waals surface area contributed by atoms with Crippen molar-refractivity contribution in [1.29, 1.82) is 0 Å². The van der Waals surface area contributed by atoms with Crippen LogP contribution in [0, 0.1) is 12.8 Å². The lowest BCUT2D eigenvalue weighted by molar-refractivity contribution is 0.0632. The van der Waals surface area contributed by atoms with Gasteiger partial charge in [-0.15, -0.1) is 0 Å². The smallest absolute Gasteiger partial charge is 0.264 e. The molecule has 1 aromatic heterocycles. The summed E-state index contributed by atoms with van der Waals surface area (Å²) < 4.78 is 28.8. The van der Waals surface area contributed by atoms with Gasteiger partial charge in [0.25, 0.3) is 15.9 Å². The van der Waals surface area contributed by atoms with Crippen LogP contribution in [0.1, 0.15) is 28.8 Å². The zero-order chi connectivity index (χ0) is 23.0.